The van der Waals surface area contributed by atoms with Gasteiger partial charge in [0.05, 0.1) is 12.6 Å². The van der Waals surface area contributed by atoms with Gasteiger partial charge in [-0.3, -0.25) is 0 Å². The largest absolute Gasteiger partial charge is 0.308 e. The second-order valence-corrected chi connectivity index (χ2v) is 6.56. The number of nitrogens with zero attached hydrogens (tertiary/aromatic N) is 4. The lowest BCUT2D eigenvalue weighted by molar-refractivity contribution is 0.432. The van der Waals surface area contributed by atoms with Crippen LogP contribution in [0.2, 0.25) is 0 Å². The van der Waals surface area contributed by atoms with E-state index >= 15 is 0 Å². The molecule has 1 fully saturated rings. The Morgan fingerprint density at radius 3 is 3.06 bits per heavy atom. The van der Waals surface area contributed by atoms with E-state index in [1.165, 1.54) is 18.6 Å². The van der Waals surface area contributed by atoms with Crippen molar-refractivity contribution in [3.8, 4) is 0 Å². The fourth-order valence-electron chi connectivity index (χ4n) is 2.31. The molecule has 6 heteroatoms. The van der Waals surface area contributed by atoms with Crippen LogP contribution in [0.15, 0.2) is 0 Å². The molecule has 2 unspecified atom stereocenters. The maximum absolute atomic E-state index is 4.14. The maximum Gasteiger partial charge on any atom is 0.167 e. The second kappa shape index (κ2) is 5.35. The maximum atomic E-state index is 4.14. The molecular weight excluding hydrogens is 234 g/mol. The van der Waals surface area contributed by atoms with Crippen molar-refractivity contribution >= 4 is 11.8 Å². The molecule has 0 aliphatic carbocycles. The molecule has 0 spiro atoms. The molecule has 0 bridgehead atoms. The molecule has 17 heavy (non-hydrogen) atoms. The number of rotatable bonds is 5. The zero-order valence-corrected chi connectivity index (χ0v) is 11.6. The van der Waals surface area contributed by atoms with Crippen molar-refractivity contribution in [3.63, 3.8) is 0 Å². The normalized spacial score (nSPS) is 26.3. The Balaban J connectivity index is 2.08. The molecule has 1 aliphatic rings. The second-order valence-electron chi connectivity index (χ2n) is 4.88. The van der Waals surface area contributed by atoms with Crippen molar-refractivity contribution in [3.05, 3.63) is 5.82 Å². The summed E-state index contributed by atoms with van der Waals surface area (Å²) in [6.45, 7) is 8.36. The summed E-state index contributed by atoms with van der Waals surface area (Å²) in [5.74, 6) is 2.21. The van der Waals surface area contributed by atoms with Crippen LogP contribution in [0, 0.1) is 0 Å². The molecule has 5 nitrogen and oxygen atoms in total. The van der Waals surface area contributed by atoms with Gasteiger partial charge in [0.15, 0.2) is 5.82 Å². The topological polar surface area (TPSA) is 55.6 Å². The van der Waals surface area contributed by atoms with Gasteiger partial charge in [-0.15, -0.1) is 5.10 Å². The minimum Gasteiger partial charge on any atom is -0.308 e. The SMILES string of the molecule is CCNC(C)c1nnnn1CC1(C)CCCS1. The molecule has 1 aromatic rings. The smallest absolute Gasteiger partial charge is 0.167 e. The summed E-state index contributed by atoms with van der Waals surface area (Å²) >= 11 is 2.04. The first kappa shape index (κ1) is 12.8. The minimum atomic E-state index is 0.213. The molecule has 0 amide bonds. The Hall–Kier alpha value is -0.620. The summed E-state index contributed by atoms with van der Waals surface area (Å²) in [4.78, 5) is 0. The van der Waals surface area contributed by atoms with Gasteiger partial charge in [-0.2, -0.15) is 11.8 Å². The number of hydrogen-bond acceptors (Lipinski definition) is 5. The van der Waals surface area contributed by atoms with Gasteiger partial charge in [0, 0.05) is 4.75 Å². The summed E-state index contributed by atoms with van der Waals surface area (Å²) < 4.78 is 2.27. The van der Waals surface area contributed by atoms with E-state index in [9.17, 15) is 0 Å². The lowest BCUT2D eigenvalue weighted by atomic mass is 10.1. The highest BCUT2D eigenvalue weighted by atomic mass is 32.2. The van der Waals surface area contributed by atoms with Gasteiger partial charge in [-0.05, 0) is 49.4 Å². The van der Waals surface area contributed by atoms with Crippen molar-refractivity contribution in [2.45, 2.75) is 50.9 Å². The fourth-order valence-corrected chi connectivity index (χ4v) is 3.59. The van der Waals surface area contributed by atoms with Crippen LogP contribution >= 0.6 is 11.8 Å². The van der Waals surface area contributed by atoms with E-state index in [-0.39, 0.29) is 6.04 Å². The Labute approximate surface area is 107 Å². The molecule has 1 aromatic heterocycles. The third kappa shape index (κ3) is 2.98. The Morgan fingerprint density at radius 1 is 1.59 bits per heavy atom. The first-order chi connectivity index (χ1) is 8.14. The quantitative estimate of drug-likeness (QED) is 0.866. The molecular formula is C11H21N5S. The van der Waals surface area contributed by atoms with Crippen molar-refractivity contribution in [1.82, 2.24) is 25.5 Å². The van der Waals surface area contributed by atoms with Crippen LogP contribution < -0.4 is 5.32 Å². The third-order valence-corrected chi connectivity index (χ3v) is 4.76. The standard InChI is InChI=1S/C11H21N5S/c1-4-12-9(2)10-13-14-15-16(10)8-11(3)6-5-7-17-11/h9,12H,4-8H2,1-3H3. The van der Waals surface area contributed by atoms with E-state index in [2.05, 4.69) is 41.6 Å². The summed E-state index contributed by atoms with van der Waals surface area (Å²) in [7, 11) is 0. The van der Waals surface area contributed by atoms with Crippen molar-refractivity contribution < 1.29 is 0 Å². The van der Waals surface area contributed by atoms with Crippen LogP contribution in [0.4, 0.5) is 0 Å². The number of nitrogens with one attached hydrogen (secondary N) is 1. The summed E-state index contributed by atoms with van der Waals surface area (Å²) in [6, 6.07) is 0.213. The van der Waals surface area contributed by atoms with E-state index in [1.807, 2.05) is 16.4 Å². The Bertz CT molecular complexity index is 358. The third-order valence-electron chi connectivity index (χ3n) is 3.24. The van der Waals surface area contributed by atoms with Crippen LogP contribution in [0.3, 0.4) is 0 Å². The van der Waals surface area contributed by atoms with Crippen molar-refractivity contribution in [1.29, 1.82) is 0 Å². The molecule has 2 rings (SSSR count). The molecule has 1 N–H and O–H groups in total. The summed E-state index contributed by atoms with van der Waals surface area (Å²) in [6.07, 6.45) is 2.56. The Morgan fingerprint density at radius 2 is 2.41 bits per heavy atom. The van der Waals surface area contributed by atoms with Gasteiger partial charge in [-0.1, -0.05) is 6.92 Å². The number of tetrazole rings is 1. The van der Waals surface area contributed by atoms with Crippen molar-refractivity contribution in [2.24, 2.45) is 0 Å². The number of aromatic nitrogens is 4. The predicted molar refractivity (Wildman–Crippen MR) is 70.0 cm³/mol. The Kier molecular flexibility index (Phi) is 4.04. The fraction of sp³-hybridized carbons (Fsp3) is 0.909. The highest BCUT2D eigenvalue weighted by Crippen LogP contribution is 2.39. The van der Waals surface area contributed by atoms with Crippen LogP contribution in [-0.4, -0.2) is 37.3 Å². The van der Waals surface area contributed by atoms with Gasteiger partial charge in [0.1, 0.15) is 0 Å². The molecule has 0 radical (unpaired) electrons. The summed E-state index contributed by atoms with van der Waals surface area (Å²) in [5.41, 5.74) is 0. The van der Waals surface area contributed by atoms with Gasteiger partial charge in [0.25, 0.3) is 0 Å². The zero-order valence-electron chi connectivity index (χ0n) is 10.8. The average Bonchev–Trinajstić information content (AvgIpc) is 2.88. The molecule has 0 saturated carbocycles. The van der Waals surface area contributed by atoms with E-state index < -0.39 is 0 Å². The zero-order chi connectivity index (χ0) is 12.3. The van der Waals surface area contributed by atoms with Crippen molar-refractivity contribution in [2.75, 3.05) is 12.3 Å². The summed E-state index contributed by atoms with van der Waals surface area (Å²) in [5, 5.41) is 15.4. The monoisotopic (exact) mass is 255 g/mol. The van der Waals surface area contributed by atoms with Crippen LogP contribution in [0.5, 0.6) is 0 Å². The minimum absolute atomic E-state index is 0.213. The molecule has 0 aromatic carbocycles. The van der Waals surface area contributed by atoms with Gasteiger partial charge < -0.3 is 5.32 Å². The molecule has 1 aliphatic heterocycles. The van der Waals surface area contributed by atoms with Crippen LogP contribution in [0.25, 0.3) is 0 Å². The van der Waals surface area contributed by atoms with E-state index in [0.717, 1.165) is 18.9 Å². The predicted octanol–water partition coefficient (Wildman–Crippen LogP) is 1.63. The first-order valence-corrected chi connectivity index (χ1v) is 7.26. The van der Waals surface area contributed by atoms with Crippen LogP contribution in [0.1, 0.15) is 45.5 Å². The van der Waals surface area contributed by atoms with Gasteiger partial charge >= 0.3 is 0 Å². The van der Waals surface area contributed by atoms with Gasteiger partial charge in [0.2, 0.25) is 0 Å². The lowest BCUT2D eigenvalue weighted by Gasteiger charge is -2.23. The number of hydrogen-bond donors (Lipinski definition) is 1. The first-order valence-electron chi connectivity index (χ1n) is 6.28. The average molecular weight is 255 g/mol. The van der Waals surface area contributed by atoms with Gasteiger partial charge in [-0.25, -0.2) is 4.68 Å². The molecule has 2 heterocycles. The molecule has 2 atom stereocenters. The molecule has 1 saturated heterocycles. The van der Waals surface area contributed by atoms with E-state index in [0.29, 0.717) is 4.75 Å². The van der Waals surface area contributed by atoms with E-state index in [4.69, 9.17) is 0 Å². The highest BCUT2D eigenvalue weighted by molar-refractivity contribution is 8.00. The molecule has 96 valence electrons. The van der Waals surface area contributed by atoms with Crippen LogP contribution in [-0.2, 0) is 6.54 Å². The highest BCUT2D eigenvalue weighted by Gasteiger charge is 2.31. The lowest BCUT2D eigenvalue weighted by Crippen LogP contribution is -2.29. The number of thioether (sulfide) groups is 1. The van der Waals surface area contributed by atoms with E-state index in [1.54, 1.807) is 0 Å².